The molecule has 150 valence electrons. The van der Waals surface area contributed by atoms with E-state index in [0.717, 1.165) is 29.4 Å². The van der Waals surface area contributed by atoms with Crippen LogP contribution in [0.4, 0.5) is 0 Å². The maximum Gasteiger partial charge on any atom is 0.290 e. The molecule has 1 saturated carbocycles. The maximum atomic E-state index is 12.1. The zero-order valence-corrected chi connectivity index (χ0v) is 15.6. The minimum atomic E-state index is -0.250. The largest absolute Gasteiger partial charge is 0.484 e. The molecule has 4 rings (SSSR count). The molecule has 8 nitrogen and oxygen atoms in total. The average Bonchev–Trinajstić information content (AvgIpc) is 3.43. The van der Waals surface area contributed by atoms with E-state index in [2.05, 4.69) is 4.98 Å². The van der Waals surface area contributed by atoms with E-state index in [0.29, 0.717) is 32.1 Å². The van der Waals surface area contributed by atoms with E-state index in [9.17, 15) is 4.79 Å². The fourth-order valence-corrected chi connectivity index (χ4v) is 3.00. The molecule has 1 aliphatic heterocycles. The Morgan fingerprint density at radius 3 is 2.57 bits per heavy atom. The van der Waals surface area contributed by atoms with Gasteiger partial charge < -0.3 is 23.9 Å². The van der Waals surface area contributed by atoms with Crippen LogP contribution < -0.4 is 4.74 Å². The number of carboxylic acid groups (broad SMARTS) is 1. The molecule has 1 amide bonds. The second-order valence-corrected chi connectivity index (χ2v) is 6.69. The molecule has 1 N–H and O–H groups in total. The van der Waals surface area contributed by atoms with E-state index < -0.39 is 0 Å². The van der Waals surface area contributed by atoms with Crippen molar-refractivity contribution in [2.45, 2.75) is 19.3 Å². The summed E-state index contributed by atoms with van der Waals surface area (Å²) in [5.41, 5.74) is 2.01. The Balaban J connectivity index is 0.000000706. The number of oxazole rings is 1. The first-order chi connectivity index (χ1) is 13.7. The molecule has 2 heterocycles. The van der Waals surface area contributed by atoms with Crippen LogP contribution in [0.15, 0.2) is 35.1 Å². The average molecular weight is 388 g/mol. The molecular formula is C20H24N2O6. The van der Waals surface area contributed by atoms with Crippen LogP contribution in [0.25, 0.3) is 11.3 Å². The van der Waals surface area contributed by atoms with Gasteiger partial charge in [-0.2, -0.15) is 0 Å². The standard InChI is InChI=1S/C19H22N2O4.CH2O2/c22-18(21-7-9-23-10-8-21)12-24-16-5-3-15(4-6-16)19-17(20-13-25-19)11-14-1-2-14;2-1-3/h3-6,13-14H,1-2,7-12H2;1H,(H,2,3). The van der Waals surface area contributed by atoms with Gasteiger partial charge in [0.05, 0.1) is 18.9 Å². The van der Waals surface area contributed by atoms with E-state index in [4.69, 9.17) is 23.8 Å². The zero-order chi connectivity index (χ0) is 19.8. The molecule has 2 aromatic rings. The number of benzene rings is 1. The molecule has 8 heteroatoms. The first-order valence-electron chi connectivity index (χ1n) is 9.30. The lowest BCUT2D eigenvalue weighted by molar-refractivity contribution is -0.137. The van der Waals surface area contributed by atoms with Crippen LogP contribution in [0.5, 0.6) is 5.75 Å². The molecule has 1 aliphatic carbocycles. The van der Waals surface area contributed by atoms with Gasteiger partial charge in [0.15, 0.2) is 18.8 Å². The molecule has 1 aromatic carbocycles. The summed E-state index contributed by atoms with van der Waals surface area (Å²) in [4.78, 5) is 26.6. The van der Waals surface area contributed by atoms with Gasteiger partial charge in [-0.15, -0.1) is 0 Å². The van der Waals surface area contributed by atoms with Crippen molar-refractivity contribution in [3.63, 3.8) is 0 Å². The summed E-state index contributed by atoms with van der Waals surface area (Å²) in [7, 11) is 0. The molecule has 2 aliphatic rings. The van der Waals surface area contributed by atoms with E-state index in [1.165, 1.54) is 19.2 Å². The second-order valence-electron chi connectivity index (χ2n) is 6.69. The molecule has 0 atom stereocenters. The van der Waals surface area contributed by atoms with Crippen molar-refractivity contribution in [1.82, 2.24) is 9.88 Å². The number of hydrogen-bond acceptors (Lipinski definition) is 6. The smallest absolute Gasteiger partial charge is 0.290 e. The highest BCUT2D eigenvalue weighted by Crippen LogP contribution is 2.35. The van der Waals surface area contributed by atoms with Gasteiger partial charge in [0.2, 0.25) is 0 Å². The number of carbonyl (C=O) groups is 2. The summed E-state index contributed by atoms with van der Waals surface area (Å²) < 4.78 is 16.4. The first kappa shape index (κ1) is 19.9. The molecule has 0 radical (unpaired) electrons. The van der Waals surface area contributed by atoms with Crippen molar-refractivity contribution in [3.05, 3.63) is 36.4 Å². The van der Waals surface area contributed by atoms with Crippen molar-refractivity contribution in [2.75, 3.05) is 32.9 Å². The fraction of sp³-hybridized carbons (Fsp3) is 0.450. The molecule has 0 spiro atoms. The number of hydrogen-bond donors (Lipinski definition) is 1. The molecule has 0 bridgehead atoms. The van der Waals surface area contributed by atoms with Crippen LogP contribution in [-0.4, -0.2) is 60.3 Å². The van der Waals surface area contributed by atoms with Crippen LogP contribution in [-0.2, 0) is 20.7 Å². The summed E-state index contributed by atoms with van der Waals surface area (Å²) in [6.07, 6.45) is 5.07. The Bertz CT molecular complexity index is 763. The van der Waals surface area contributed by atoms with Gasteiger partial charge in [0, 0.05) is 18.7 Å². The van der Waals surface area contributed by atoms with Crippen molar-refractivity contribution >= 4 is 12.4 Å². The van der Waals surface area contributed by atoms with Gasteiger partial charge in [-0.25, -0.2) is 4.98 Å². The van der Waals surface area contributed by atoms with Crippen molar-refractivity contribution in [2.24, 2.45) is 5.92 Å². The Kier molecular flexibility index (Phi) is 7.02. The van der Waals surface area contributed by atoms with Crippen LogP contribution in [0.1, 0.15) is 18.5 Å². The van der Waals surface area contributed by atoms with Gasteiger partial charge in [0.1, 0.15) is 5.75 Å². The quantitative estimate of drug-likeness (QED) is 0.757. The van der Waals surface area contributed by atoms with Gasteiger partial charge >= 0.3 is 0 Å². The lowest BCUT2D eigenvalue weighted by atomic mass is 10.1. The number of carbonyl (C=O) groups excluding carboxylic acids is 1. The third kappa shape index (κ3) is 5.56. The first-order valence-corrected chi connectivity index (χ1v) is 9.30. The predicted octanol–water partition coefficient (Wildman–Crippen LogP) is 2.23. The SMILES string of the molecule is O=C(COc1ccc(-c2ocnc2CC2CC2)cc1)N1CCOCC1.O=CO. The molecular weight excluding hydrogens is 364 g/mol. The lowest BCUT2D eigenvalue weighted by Crippen LogP contribution is -2.42. The van der Waals surface area contributed by atoms with Crippen molar-refractivity contribution in [3.8, 4) is 17.1 Å². The molecule has 28 heavy (non-hydrogen) atoms. The Morgan fingerprint density at radius 2 is 1.93 bits per heavy atom. The molecule has 1 aromatic heterocycles. The minimum Gasteiger partial charge on any atom is -0.484 e. The summed E-state index contributed by atoms with van der Waals surface area (Å²) in [5, 5.41) is 6.89. The zero-order valence-electron chi connectivity index (χ0n) is 15.6. The summed E-state index contributed by atoms with van der Waals surface area (Å²) in [6, 6.07) is 7.63. The van der Waals surface area contributed by atoms with E-state index in [1.807, 2.05) is 24.3 Å². The normalized spacial score (nSPS) is 16.1. The van der Waals surface area contributed by atoms with Gasteiger partial charge in [0.25, 0.3) is 12.4 Å². The number of aromatic nitrogens is 1. The van der Waals surface area contributed by atoms with E-state index in [1.54, 1.807) is 4.90 Å². The van der Waals surface area contributed by atoms with Gasteiger partial charge in [-0.3, -0.25) is 9.59 Å². The fourth-order valence-electron chi connectivity index (χ4n) is 3.00. The number of rotatable bonds is 6. The van der Waals surface area contributed by atoms with Crippen molar-refractivity contribution < 1.29 is 28.6 Å². The molecule has 2 fully saturated rings. The predicted molar refractivity (Wildman–Crippen MR) is 100.0 cm³/mol. The monoisotopic (exact) mass is 388 g/mol. The summed E-state index contributed by atoms with van der Waals surface area (Å²) >= 11 is 0. The minimum absolute atomic E-state index is 0.00525. The van der Waals surface area contributed by atoms with E-state index >= 15 is 0 Å². The highest BCUT2D eigenvalue weighted by atomic mass is 16.5. The van der Waals surface area contributed by atoms with Crippen molar-refractivity contribution in [1.29, 1.82) is 0 Å². The highest BCUT2D eigenvalue weighted by Gasteiger charge is 2.25. The Hall–Kier alpha value is -2.87. The third-order valence-electron chi connectivity index (χ3n) is 4.66. The Labute approximate surface area is 163 Å². The molecule has 1 saturated heterocycles. The number of morpholine rings is 1. The number of ether oxygens (including phenoxy) is 2. The summed E-state index contributed by atoms with van der Waals surface area (Å²) in [6.45, 7) is 2.27. The van der Waals surface area contributed by atoms with Crippen LogP contribution in [0.2, 0.25) is 0 Å². The topological polar surface area (TPSA) is 102 Å². The molecule has 0 unspecified atom stereocenters. The van der Waals surface area contributed by atoms with Gasteiger partial charge in [-0.05, 0) is 49.4 Å². The van der Waals surface area contributed by atoms with Gasteiger partial charge in [-0.1, -0.05) is 0 Å². The number of nitrogens with zero attached hydrogens (tertiary/aromatic N) is 2. The van der Waals surface area contributed by atoms with Crippen LogP contribution in [0.3, 0.4) is 0 Å². The Morgan fingerprint density at radius 1 is 1.25 bits per heavy atom. The summed E-state index contributed by atoms with van der Waals surface area (Å²) in [5.74, 6) is 2.27. The van der Waals surface area contributed by atoms with Crippen LogP contribution >= 0.6 is 0 Å². The van der Waals surface area contributed by atoms with Crippen LogP contribution in [0, 0.1) is 5.92 Å². The van der Waals surface area contributed by atoms with E-state index in [-0.39, 0.29) is 19.0 Å². The third-order valence-corrected chi connectivity index (χ3v) is 4.66. The second kappa shape index (κ2) is 9.89. The lowest BCUT2D eigenvalue weighted by Gasteiger charge is -2.26. The maximum absolute atomic E-state index is 12.1. The number of amides is 1. The highest BCUT2D eigenvalue weighted by molar-refractivity contribution is 5.77.